The third kappa shape index (κ3) is 4.12. The minimum atomic E-state index is 0.454. The van der Waals surface area contributed by atoms with Gasteiger partial charge < -0.3 is 10.2 Å². The average molecular weight is 212 g/mol. The molecule has 0 aromatic rings. The van der Waals surface area contributed by atoms with Crippen molar-refractivity contribution in [1.29, 1.82) is 0 Å². The Bertz CT molecular complexity index is 173. The lowest BCUT2D eigenvalue weighted by atomic mass is 9.85. The molecule has 0 radical (unpaired) electrons. The Kier molecular flexibility index (Phi) is 5.07. The van der Waals surface area contributed by atoms with E-state index in [1.807, 2.05) is 0 Å². The van der Waals surface area contributed by atoms with Gasteiger partial charge in [-0.25, -0.2) is 0 Å². The summed E-state index contributed by atoms with van der Waals surface area (Å²) in [7, 11) is 2.06. The van der Waals surface area contributed by atoms with Crippen molar-refractivity contribution in [3.8, 4) is 0 Å². The molecule has 2 heteroatoms. The van der Waals surface area contributed by atoms with Crippen molar-refractivity contribution in [2.75, 3.05) is 33.2 Å². The number of likely N-dealkylation sites (tertiary alicyclic amines) is 1. The van der Waals surface area contributed by atoms with Gasteiger partial charge in [-0.3, -0.25) is 0 Å². The highest BCUT2D eigenvalue weighted by Gasteiger charge is 2.26. The van der Waals surface area contributed by atoms with E-state index in [9.17, 15) is 0 Å². The molecule has 1 aliphatic heterocycles. The first-order valence-electron chi connectivity index (χ1n) is 6.46. The molecule has 1 N–H and O–H groups in total. The summed E-state index contributed by atoms with van der Waals surface area (Å²) in [5, 5.41) is 3.33. The molecule has 0 aliphatic carbocycles. The van der Waals surface area contributed by atoms with Crippen molar-refractivity contribution in [2.45, 2.75) is 40.0 Å². The standard InChI is InChI=1S/C13H28N2/c1-5-13(3,10-14-4)11-15-8-6-12(2)7-9-15/h12,14H,5-11H2,1-4H3. The topological polar surface area (TPSA) is 15.3 Å². The fourth-order valence-corrected chi connectivity index (χ4v) is 2.48. The second kappa shape index (κ2) is 5.86. The Labute approximate surface area is 95.4 Å². The van der Waals surface area contributed by atoms with Crippen LogP contribution in [-0.4, -0.2) is 38.1 Å². The highest BCUT2D eigenvalue weighted by Crippen LogP contribution is 2.24. The number of hydrogen-bond donors (Lipinski definition) is 1. The Hall–Kier alpha value is -0.0800. The number of nitrogens with one attached hydrogen (secondary N) is 1. The number of hydrogen-bond acceptors (Lipinski definition) is 2. The van der Waals surface area contributed by atoms with E-state index in [0.717, 1.165) is 12.5 Å². The van der Waals surface area contributed by atoms with Gasteiger partial charge in [0.15, 0.2) is 0 Å². The van der Waals surface area contributed by atoms with E-state index in [1.165, 1.54) is 38.9 Å². The van der Waals surface area contributed by atoms with Crippen LogP contribution < -0.4 is 5.32 Å². The zero-order valence-corrected chi connectivity index (χ0v) is 11.0. The van der Waals surface area contributed by atoms with Gasteiger partial charge in [0, 0.05) is 13.1 Å². The van der Waals surface area contributed by atoms with Crippen molar-refractivity contribution in [3.05, 3.63) is 0 Å². The van der Waals surface area contributed by atoms with Gasteiger partial charge in [-0.2, -0.15) is 0 Å². The van der Waals surface area contributed by atoms with Gasteiger partial charge >= 0.3 is 0 Å². The molecule has 1 aliphatic rings. The van der Waals surface area contributed by atoms with Crippen LogP contribution in [0.4, 0.5) is 0 Å². The van der Waals surface area contributed by atoms with Crippen molar-refractivity contribution < 1.29 is 0 Å². The molecule has 1 fully saturated rings. The molecule has 2 nitrogen and oxygen atoms in total. The van der Waals surface area contributed by atoms with Crippen LogP contribution >= 0.6 is 0 Å². The van der Waals surface area contributed by atoms with E-state index in [2.05, 4.69) is 38.0 Å². The van der Waals surface area contributed by atoms with E-state index >= 15 is 0 Å². The highest BCUT2D eigenvalue weighted by molar-refractivity contribution is 4.81. The number of piperidine rings is 1. The van der Waals surface area contributed by atoms with Gasteiger partial charge in [0.2, 0.25) is 0 Å². The molecule has 0 saturated carbocycles. The van der Waals surface area contributed by atoms with Gasteiger partial charge in [0.25, 0.3) is 0 Å². The predicted octanol–water partition coefficient (Wildman–Crippen LogP) is 2.35. The molecule has 15 heavy (non-hydrogen) atoms. The summed E-state index contributed by atoms with van der Waals surface area (Å²) in [4.78, 5) is 2.65. The summed E-state index contributed by atoms with van der Waals surface area (Å²) >= 11 is 0. The normalized spacial score (nSPS) is 24.0. The molecule has 0 aromatic heterocycles. The molecule has 0 aromatic carbocycles. The van der Waals surface area contributed by atoms with E-state index in [0.29, 0.717) is 5.41 Å². The van der Waals surface area contributed by atoms with Gasteiger partial charge in [0.05, 0.1) is 0 Å². The first kappa shape index (κ1) is 13.0. The Morgan fingerprint density at radius 3 is 2.40 bits per heavy atom. The van der Waals surface area contributed by atoms with Gasteiger partial charge in [-0.05, 0) is 50.7 Å². The Morgan fingerprint density at radius 1 is 1.33 bits per heavy atom. The SMILES string of the molecule is CCC(C)(CNC)CN1CCC(C)CC1. The molecule has 1 atom stereocenters. The first-order valence-corrected chi connectivity index (χ1v) is 6.46. The molecule has 0 spiro atoms. The lowest BCUT2D eigenvalue weighted by molar-refractivity contribution is 0.119. The molecule has 1 saturated heterocycles. The van der Waals surface area contributed by atoms with Crippen molar-refractivity contribution in [1.82, 2.24) is 10.2 Å². The van der Waals surface area contributed by atoms with Gasteiger partial charge in [-0.15, -0.1) is 0 Å². The highest BCUT2D eigenvalue weighted by atomic mass is 15.1. The van der Waals surface area contributed by atoms with Crippen LogP contribution in [0.3, 0.4) is 0 Å². The van der Waals surface area contributed by atoms with Gasteiger partial charge in [0.1, 0.15) is 0 Å². The molecular formula is C13H28N2. The summed E-state index contributed by atoms with van der Waals surface area (Å²) in [5.41, 5.74) is 0.454. The summed E-state index contributed by atoms with van der Waals surface area (Å²) in [6, 6.07) is 0. The fraction of sp³-hybridized carbons (Fsp3) is 1.00. The zero-order chi connectivity index (χ0) is 11.3. The van der Waals surface area contributed by atoms with Crippen molar-refractivity contribution in [3.63, 3.8) is 0 Å². The maximum absolute atomic E-state index is 3.33. The molecule has 0 bridgehead atoms. The largest absolute Gasteiger partial charge is 0.319 e. The molecule has 1 heterocycles. The maximum Gasteiger partial charge on any atom is 0.00474 e. The predicted molar refractivity (Wildman–Crippen MR) is 67.2 cm³/mol. The van der Waals surface area contributed by atoms with Crippen molar-refractivity contribution in [2.24, 2.45) is 11.3 Å². The van der Waals surface area contributed by atoms with Crippen LogP contribution in [0.25, 0.3) is 0 Å². The van der Waals surface area contributed by atoms with Crippen LogP contribution in [0.15, 0.2) is 0 Å². The first-order chi connectivity index (χ1) is 7.09. The van der Waals surface area contributed by atoms with E-state index in [-0.39, 0.29) is 0 Å². The molecule has 0 amide bonds. The maximum atomic E-state index is 3.33. The molecule has 90 valence electrons. The summed E-state index contributed by atoms with van der Waals surface area (Å²) in [5.74, 6) is 0.943. The zero-order valence-electron chi connectivity index (χ0n) is 11.0. The van der Waals surface area contributed by atoms with Crippen molar-refractivity contribution >= 4 is 0 Å². The lowest BCUT2D eigenvalue weighted by Crippen LogP contribution is -2.44. The second-order valence-corrected chi connectivity index (χ2v) is 5.65. The summed E-state index contributed by atoms with van der Waals surface area (Å²) in [6.07, 6.45) is 4.04. The quantitative estimate of drug-likeness (QED) is 0.752. The smallest absolute Gasteiger partial charge is 0.00474 e. The van der Waals surface area contributed by atoms with Crippen LogP contribution in [0, 0.1) is 11.3 Å². The van der Waals surface area contributed by atoms with E-state index in [1.54, 1.807) is 0 Å². The third-order valence-electron chi connectivity index (χ3n) is 3.94. The van der Waals surface area contributed by atoms with Crippen LogP contribution in [-0.2, 0) is 0 Å². The minimum absolute atomic E-state index is 0.454. The van der Waals surface area contributed by atoms with E-state index in [4.69, 9.17) is 0 Å². The van der Waals surface area contributed by atoms with Gasteiger partial charge in [-0.1, -0.05) is 20.8 Å². The number of rotatable bonds is 5. The lowest BCUT2D eigenvalue weighted by Gasteiger charge is -2.38. The van der Waals surface area contributed by atoms with Crippen LogP contribution in [0.2, 0.25) is 0 Å². The number of nitrogens with zero attached hydrogens (tertiary/aromatic N) is 1. The molecule has 1 rings (SSSR count). The Morgan fingerprint density at radius 2 is 1.93 bits per heavy atom. The average Bonchev–Trinajstić information content (AvgIpc) is 2.22. The minimum Gasteiger partial charge on any atom is -0.319 e. The van der Waals surface area contributed by atoms with Crippen LogP contribution in [0.1, 0.15) is 40.0 Å². The third-order valence-corrected chi connectivity index (χ3v) is 3.94. The second-order valence-electron chi connectivity index (χ2n) is 5.65. The monoisotopic (exact) mass is 212 g/mol. The Balaban J connectivity index is 2.38. The molecule has 1 unspecified atom stereocenters. The van der Waals surface area contributed by atoms with E-state index < -0.39 is 0 Å². The fourth-order valence-electron chi connectivity index (χ4n) is 2.48. The summed E-state index contributed by atoms with van der Waals surface area (Å²) < 4.78 is 0. The summed E-state index contributed by atoms with van der Waals surface area (Å²) in [6.45, 7) is 12.1. The molecular weight excluding hydrogens is 184 g/mol. The van der Waals surface area contributed by atoms with Crippen LogP contribution in [0.5, 0.6) is 0 Å².